The lowest BCUT2D eigenvalue weighted by molar-refractivity contribution is -0.147. The van der Waals surface area contributed by atoms with E-state index >= 15 is 0 Å². The Morgan fingerprint density at radius 3 is 2.26 bits per heavy atom. The lowest BCUT2D eigenvalue weighted by Gasteiger charge is -2.22. The highest BCUT2D eigenvalue weighted by Crippen LogP contribution is 2.41. The number of carbonyl (C=O) groups excluding carboxylic acids is 1. The first-order valence-electron chi connectivity index (χ1n) is 7.19. The Morgan fingerprint density at radius 1 is 1.13 bits per heavy atom. The number of ether oxygens (including phenoxy) is 3. The Morgan fingerprint density at radius 2 is 1.78 bits per heavy atom. The van der Waals surface area contributed by atoms with Crippen LogP contribution in [0.5, 0.6) is 17.2 Å². The van der Waals surface area contributed by atoms with Gasteiger partial charge in [0, 0.05) is 13.1 Å². The summed E-state index contributed by atoms with van der Waals surface area (Å²) < 4.78 is 15.8. The molecule has 1 atom stereocenters. The van der Waals surface area contributed by atoms with E-state index in [1.807, 2.05) is 0 Å². The Bertz CT molecular complexity index is 629. The fourth-order valence-electron chi connectivity index (χ4n) is 2.75. The Balaban J connectivity index is 2.36. The Labute approximate surface area is 134 Å². The molecule has 0 saturated carbocycles. The van der Waals surface area contributed by atoms with Crippen molar-refractivity contribution in [2.75, 3.05) is 34.4 Å². The lowest BCUT2D eigenvalue weighted by atomic mass is 9.90. The van der Waals surface area contributed by atoms with E-state index in [0.29, 0.717) is 30.0 Å². The van der Waals surface area contributed by atoms with Gasteiger partial charge in [0.05, 0.1) is 32.3 Å². The number of carboxylic acid groups (broad SMARTS) is 1. The number of likely N-dealkylation sites (tertiary alicyclic amines) is 1. The zero-order valence-corrected chi connectivity index (χ0v) is 13.7. The van der Waals surface area contributed by atoms with Crippen LogP contribution in [-0.4, -0.2) is 56.3 Å². The molecular weight excluding hydrogens is 302 g/mol. The van der Waals surface area contributed by atoms with Gasteiger partial charge >= 0.3 is 5.97 Å². The molecule has 1 aliphatic heterocycles. The number of nitrogens with zero attached hydrogens (tertiary/aromatic N) is 1. The van der Waals surface area contributed by atoms with Gasteiger partial charge in [-0.3, -0.25) is 9.59 Å². The van der Waals surface area contributed by atoms with Crippen LogP contribution in [0.15, 0.2) is 12.1 Å². The lowest BCUT2D eigenvalue weighted by Crippen LogP contribution is -2.35. The SMILES string of the molecule is COc1ccc(C(=O)N2CCC(C)(C(=O)O)C2)c(OC)c1OC. The molecule has 23 heavy (non-hydrogen) atoms. The highest BCUT2D eigenvalue weighted by Gasteiger charge is 2.42. The van der Waals surface area contributed by atoms with Gasteiger partial charge in [0.2, 0.25) is 5.75 Å². The van der Waals surface area contributed by atoms with Gasteiger partial charge in [0.1, 0.15) is 0 Å². The van der Waals surface area contributed by atoms with Crippen LogP contribution < -0.4 is 14.2 Å². The molecular formula is C16H21NO6. The predicted octanol–water partition coefficient (Wildman–Crippen LogP) is 1.65. The monoisotopic (exact) mass is 323 g/mol. The van der Waals surface area contributed by atoms with Crippen molar-refractivity contribution in [2.24, 2.45) is 5.41 Å². The van der Waals surface area contributed by atoms with Crippen molar-refractivity contribution in [3.63, 3.8) is 0 Å². The summed E-state index contributed by atoms with van der Waals surface area (Å²) >= 11 is 0. The molecule has 0 radical (unpaired) electrons. The van der Waals surface area contributed by atoms with E-state index in [4.69, 9.17) is 14.2 Å². The summed E-state index contributed by atoms with van der Waals surface area (Å²) in [6, 6.07) is 3.22. The van der Waals surface area contributed by atoms with Gasteiger partial charge in [0.25, 0.3) is 5.91 Å². The number of hydrogen-bond acceptors (Lipinski definition) is 5. The van der Waals surface area contributed by atoms with Crippen LogP contribution in [0.4, 0.5) is 0 Å². The molecule has 1 fully saturated rings. The number of benzene rings is 1. The summed E-state index contributed by atoms with van der Waals surface area (Å²) in [6.45, 7) is 2.20. The van der Waals surface area contributed by atoms with Gasteiger partial charge in [-0.2, -0.15) is 0 Å². The van der Waals surface area contributed by atoms with Crippen molar-refractivity contribution in [3.8, 4) is 17.2 Å². The van der Waals surface area contributed by atoms with E-state index < -0.39 is 11.4 Å². The summed E-state index contributed by atoms with van der Waals surface area (Å²) in [5.41, 5.74) is -0.598. The van der Waals surface area contributed by atoms with Crippen molar-refractivity contribution >= 4 is 11.9 Å². The molecule has 1 amide bonds. The van der Waals surface area contributed by atoms with Crippen LogP contribution >= 0.6 is 0 Å². The van der Waals surface area contributed by atoms with Crippen molar-refractivity contribution in [1.82, 2.24) is 4.90 Å². The van der Waals surface area contributed by atoms with Crippen LogP contribution in [0.25, 0.3) is 0 Å². The van der Waals surface area contributed by atoms with E-state index in [2.05, 4.69) is 0 Å². The maximum absolute atomic E-state index is 12.8. The highest BCUT2D eigenvalue weighted by atomic mass is 16.5. The van der Waals surface area contributed by atoms with Gasteiger partial charge in [-0.15, -0.1) is 0 Å². The first kappa shape index (κ1) is 16.9. The summed E-state index contributed by atoms with van der Waals surface area (Å²) in [5.74, 6) is -0.112. The summed E-state index contributed by atoms with van der Waals surface area (Å²) in [6.07, 6.45) is 0.420. The normalized spacial score (nSPS) is 20.3. The van der Waals surface area contributed by atoms with Crippen LogP contribution in [-0.2, 0) is 4.79 Å². The van der Waals surface area contributed by atoms with Crippen molar-refractivity contribution in [1.29, 1.82) is 0 Å². The number of carboxylic acids is 1. The average molecular weight is 323 g/mol. The first-order chi connectivity index (χ1) is 10.9. The second kappa shape index (κ2) is 6.36. The molecule has 1 heterocycles. The molecule has 0 bridgehead atoms. The second-order valence-corrected chi connectivity index (χ2v) is 5.72. The molecule has 7 nitrogen and oxygen atoms in total. The third-order valence-electron chi connectivity index (χ3n) is 4.21. The highest BCUT2D eigenvalue weighted by molar-refractivity contribution is 5.99. The number of methoxy groups -OCH3 is 3. The van der Waals surface area contributed by atoms with E-state index in [9.17, 15) is 14.7 Å². The van der Waals surface area contributed by atoms with E-state index in [-0.39, 0.29) is 18.2 Å². The topological polar surface area (TPSA) is 85.3 Å². The quantitative estimate of drug-likeness (QED) is 0.887. The van der Waals surface area contributed by atoms with Crippen LogP contribution in [0, 0.1) is 5.41 Å². The molecule has 2 rings (SSSR count). The molecule has 7 heteroatoms. The van der Waals surface area contributed by atoms with Gasteiger partial charge < -0.3 is 24.2 Å². The largest absolute Gasteiger partial charge is 0.493 e. The molecule has 1 aromatic carbocycles. The number of amides is 1. The summed E-state index contributed by atoms with van der Waals surface area (Å²) in [7, 11) is 4.41. The molecule has 1 N–H and O–H groups in total. The Hall–Kier alpha value is -2.44. The third kappa shape index (κ3) is 2.91. The number of hydrogen-bond donors (Lipinski definition) is 1. The summed E-state index contributed by atoms with van der Waals surface area (Å²) in [4.78, 5) is 25.6. The predicted molar refractivity (Wildman–Crippen MR) is 82.4 cm³/mol. The minimum absolute atomic E-state index is 0.165. The van der Waals surface area contributed by atoms with Crippen molar-refractivity contribution < 1.29 is 28.9 Å². The molecule has 1 unspecified atom stereocenters. The fraction of sp³-hybridized carbons (Fsp3) is 0.500. The average Bonchev–Trinajstić information content (AvgIpc) is 2.96. The molecule has 1 aromatic rings. The zero-order chi connectivity index (χ0) is 17.2. The van der Waals surface area contributed by atoms with Gasteiger partial charge in [-0.25, -0.2) is 0 Å². The molecule has 1 aliphatic rings. The van der Waals surface area contributed by atoms with Crippen LogP contribution in [0.1, 0.15) is 23.7 Å². The van der Waals surface area contributed by atoms with Gasteiger partial charge in [0.15, 0.2) is 11.5 Å². The van der Waals surface area contributed by atoms with E-state index in [1.54, 1.807) is 19.1 Å². The number of carbonyl (C=O) groups is 2. The van der Waals surface area contributed by atoms with Crippen LogP contribution in [0.3, 0.4) is 0 Å². The fourth-order valence-corrected chi connectivity index (χ4v) is 2.75. The second-order valence-electron chi connectivity index (χ2n) is 5.72. The smallest absolute Gasteiger partial charge is 0.311 e. The van der Waals surface area contributed by atoms with Crippen molar-refractivity contribution in [2.45, 2.75) is 13.3 Å². The Kier molecular flexibility index (Phi) is 4.68. The molecule has 0 aromatic heterocycles. The minimum Gasteiger partial charge on any atom is -0.493 e. The summed E-state index contributed by atoms with van der Waals surface area (Å²) in [5, 5.41) is 9.29. The molecule has 0 aliphatic carbocycles. The van der Waals surface area contributed by atoms with Crippen molar-refractivity contribution in [3.05, 3.63) is 17.7 Å². The standard InChI is InChI=1S/C16H21NO6/c1-16(15(19)20)7-8-17(9-16)14(18)10-5-6-11(21-2)13(23-4)12(10)22-3/h5-6H,7-9H2,1-4H3,(H,19,20). The van der Waals surface area contributed by atoms with Gasteiger partial charge in [-0.05, 0) is 25.5 Å². The van der Waals surface area contributed by atoms with E-state index in [0.717, 1.165) is 0 Å². The van der Waals surface area contributed by atoms with Gasteiger partial charge in [-0.1, -0.05) is 0 Å². The van der Waals surface area contributed by atoms with Crippen LogP contribution in [0.2, 0.25) is 0 Å². The zero-order valence-electron chi connectivity index (χ0n) is 13.7. The minimum atomic E-state index is -0.917. The molecule has 126 valence electrons. The molecule has 0 spiro atoms. The molecule has 1 saturated heterocycles. The number of rotatable bonds is 5. The number of aliphatic carboxylic acids is 1. The third-order valence-corrected chi connectivity index (χ3v) is 4.21. The maximum Gasteiger partial charge on any atom is 0.311 e. The maximum atomic E-state index is 12.8. The first-order valence-corrected chi connectivity index (χ1v) is 7.19. The van der Waals surface area contributed by atoms with E-state index in [1.165, 1.54) is 26.2 Å².